The lowest BCUT2D eigenvalue weighted by Gasteiger charge is -2.23. The quantitative estimate of drug-likeness (QED) is 0.579. The van der Waals surface area contributed by atoms with Crippen molar-refractivity contribution in [3.8, 4) is 16.6 Å². The zero-order valence-electron chi connectivity index (χ0n) is 16.6. The normalized spacial score (nSPS) is 14.3. The molecule has 0 N–H and O–H groups in total. The summed E-state index contributed by atoms with van der Waals surface area (Å²) < 4.78 is 0. The molecule has 1 amide bonds. The highest BCUT2D eigenvalue weighted by molar-refractivity contribution is 7.17. The smallest absolute Gasteiger partial charge is 0.265 e. The third-order valence-corrected chi connectivity index (χ3v) is 6.67. The first kappa shape index (κ1) is 20.4. The predicted molar refractivity (Wildman–Crippen MR) is 121 cm³/mol. The molecule has 1 fully saturated rings. The average Bonchev–Trinajstić information content (AvgIpc) is 2.99. The number of thiazole rings is 1. The molecule has 0 saturated carbocycles. The second-order valence-electron chi connectivity index (χ2n) is 7.23. The number of nitrogens with zero attached hydrogens (tertiary/aromatic N) is 4. The Kier molecular flexibility index (Phi) is 6.03. The summed E-state index contributed by atoms with van der Waals surface area (Å²) in [5.41, 5.74) is 3.47. The summed E-state index contributed by atoms with van der Waals surface area (Å²) in [6.45, 7) is 4.92. The number of carbonyl (C=O) groups excluding carboxylic acids is 1. The number of hydrogen-bond donors (Lipinski definition) is 0. The molecule has 1 aliphatic heterocycles. The molecule has 0 aliphatic carbocycles. The van der Waals surface area contributed by atoms with Gasteiger partial charge in [-0.15, -0.1) is 11.3 Å². The van der Waals surface area contributed by atoms with Crippen LogP contribution < -0.4 is 4.90 Å². The van der Waals surface area contributed by atoms with Gasteiger partial charge in [0, 0.05) is 42.5 Å². The van der Waals surface area contributed by atoms with Crippen LogP contribution in [0, 0.1) is 18.3 Å². The minimum atomic E-state index is 0.0480. The fourth-order valence-corrected chi connectivity index (χ4v) is 4.75. The lowest BCUT2D eigenvalue weighted by molar-refractivity contribution is 0.0771. The van der Waals surface area contributed by atoms with Crippen molar-refractivity contribution in [2.75, 3.05) is 31.1 Å². The summed E-state index contributed by atoms with van der Waals surface area (Å²) >= 11 is 7.42. The Morgan fingerprint density at radius 3 is 2.50 bits per heavy atom. The van der Waals surface area contributed by atoms with Gasteiger partial charge in [-0.25, -0.2) is 4.98 Å². The van der Waals surface area contributed by atoms with Gasteiger partial charge in [0.1, 0.15) is 9.88 Å². The van der Waals surface area contributed by atoms with Crippen molar-refractivity contribution in [2.24, 2.45) is 0 Å². The first-order valence-electron chi connectivity index (χ1n) is 9.83. The first-order valence-corrected chi connectivity index (χ1v) is 11.0. The van der Waals surface area contributed by atoms with E-state index in [0.29, 0.717) is 22.0 Å². The fraction of sp³-hybridized carbons (Fsp3) is 0.261. The molecule has 2 aromatic carbocycles. The van der Waals surface area contributed by atoms with Gasteiger partial charge in [-0.3, -0.25) is 4.79 Å². The molecular formula is C23H21ClN4OS. The van der Waals surface area contributed by atoms with Crippen molar-refractivity contribution >= 4 is 34.5 Å². The molecule has 0 unspecified atom stereocenters. The number of nitriles is 1. The highest BCUT2D eigenvalue weighted by atomic mass is 35.5. The summed E-state index contributed by atoms with van der Waals surface area (Å²) in [5.74, 6) is 0.0480. The maximum atomic E-state index is 13.2. The lowest BCUT2D eigenvalue weighted by Crippen LogP contribution is -2.35. The van der Waals surface area contributed by atoms with Crippen molar-refractivity contribution in [2.45, 2.75) is 13.3 Å². The third-order valence-electron chi connectivity index (χ3n) is 5.23. The minimum absolute atomic E-state index is 0.0480. The molecular weight excluding hydrogens is 416 g/mol. The molecule has 4 rings (SSSR count). The molecule has 0 radical (unpaired) electrons. The highest BCUT2D eigenvalue weighted by Gasteiger charge is 2.24. The molecule has 7 heteroatoms. The first-order chi connectivity index (χ1) is 14.5. The summed E-state index contributed by atoms with van der Waals surface area (Å²) in [6, 6.07) is 17.3. The van der Waals surface area contributed by atoms with Crippen LogP contribution >= 0.6 is 22.9 Å². The largest absolute Gasteiger partial charge is 0.370 e. The summed E-state index contributed by atoms with van der Waals surface area (Å²) in [4.78, 5) is 22.7. The second kappa shape index (κ2) is 8.86. The molecule has 2 heterocycles. The zero-order chi connectivity index (χ0) is 21.1. The second-order valence-corrected chi connectivity index (χ2v) is 8.67. The molecule has 1 saturated heterocycles. The molecule has 1 aliphatic rings. The predicted octanol–water partition coefficient (Wildman–Crippen LogP) is 5.00. The van der Waals surface area contributed by atoms with Crippen LogP contribution in [0.1, 0.15) is 27.3 Å². The number of carbonyl (C=O) groups is 1. The van der Waals surface area contributed by atoms with Crippen molar-refractivity contribution in [1.82, 2.24) is 9.88 Å². The molecule has 0 spiro atoms. The molecule has 5 nitrogen and oxygen atoms in total. The number of anilines is 1. The fourth-order valence-electron chi connectivity index (χ4n) is 3.58. The molecule has 0 bridgehead atoms. The molecule has 1 aromatic heterocycles. The van der Waals surface area contributed by atoms with Crippen LogP contribution in [0.4, 0.5) is 5.69 Å². The lowest BCUT2D eigenvalue weighted by atomic mass is 10.2. The average molecular weight is 437 g/mol. The number of halogens is 1. The van der Waals surface area contributed by atoms with Crippen molar-refractivity contribution < 1.29 is 4.79 Å². The van der Waals surface area contributed by atoms with Gasteiger partial charge in [0.05, 0.1) is 17.3 Å². The van der Waals surface area contributed by atoms with Crippen LogP contribution in [0.3, 0.4) is 0 Å². The topological polar surface area (TPSA) is 60.2 Å². The van der Waals surface area contributed by atoms with E-state index in [-0.39, 0.29) is 5.91 Å². The number of aromatic nitrogens is 1. The summed E-state index contributed by atoms with van der Waals surface area (Å²) in [6.07, 6.45) is 0.896. The Morgan fingerprint density at radius 2 is 1.80 bits per heavy atom. The monoisotopic (exact) mass is 436 g/mol. The van der Waals surface area contributed by atoms with Crippen LogP contribution in [-0.2, 0) is 0 Å². The van der Waals surface area contributed by atoms with E-state index in [0.717, 1.165) is 48.0 Å². The van der Waals surface area contributed by atoms with E-state index in [9.17, 15) is 4.79 Å². The van der Waals surface area contributed by atoms with Gasteiger partial charge in [-0.1, -0.05) is 23.7 Å². The van der Waals surface area contributed by atoms with Gasteiger partial charge in [-0.2, -0.15) is 5.26 Å². The zero-order valence-corrected chi connectivity index (χ0v) is 18.2. The molecule has 0 atom stereocenters. The number of rotatable bonds is 3. The number of hydrogen-bond acceptors (Lipinski definition) is 5. The van der Waals surface area contributed by atoms with Gasteiger partial charge in [0.25, 0.3) is 5.91 Å². The van der Waals surface area contributed by atoms with Crippen LogP contribution in [0.25, 0.3) is 10.6 Å². The summed E-state index contributed by atoms with van der Waals surface area (Å²) in [5, 5.41) is 10.5. The van der Waals surface area contributed by atoms with Gasteiger partial charge in [-0.05, 0) is 49.7 Å². The minimum Gasteiger partial charge on any atom is -0.370 e. The number of benzene rings is 2. The van der Waals surface area contributed by atoms with E-state index >= 15 is 0 Å². The van der Waals surface area contributed by atoms with Crippen molar-refractivity contribution in [1.29, 1.82) is 5.26 Å². The van der Waals surface area contributed by atoms with E-state index in [1.54, 1.807) is 0 Å². The van der Waals surface area contributed by atoms with Gasteiger partial charge >= 0.3 is 0 Å². The van der Waals surface area contributed by atoms with Crippen LogP contribution in [0.2, 0.25) is 5.02 Å². The van der Waals surface area contributed by atoms with E-state index in [1.807, 2.05) is 60.4 Å². The van der Waals surface area contributed by atoms with Gasteiger partial charge in [0.2, 0.25) is 0 Å². The SMILES string of the molecule is Cc1nc(-c2ccc(Cl)cc2)sc1C(=O)N1CCCN(c2ccc(C#N)cc2)CC1. The Bertz CT molecular complexity index is 1090. The van der Waals surface area contributed by atoms with Gasteiger partial charge < -0.3 is 9.80 Å². The Morgan fingerprint density at radius 1 is 1.07 bits per heavy atom. The van der Waals surface area contributed by atoms with Crippen LogP contribution in [-0.4, -0.2) is 42.0 Å². The molecule has 3 aromatic rings. The van der Waals surface area contributed by atoms with E-state index < -0.39 is 0 Å². The van der Waals surface area contributed by atoms with Crippen LogP contribution in [0.15, 0.2) is 48.5 Å². The standard InChI is InChI=1S/C23H21ClN4OS/c1-16-21(30-22(26-16)18-5-7-19(24)8-6-18)23(29)28-12-2-11-27(13-14-28)20-9-3-17(15-25)4-10-20/h3-10H,2,11-14H2,1H3. The van der Waals surface area contributed by atoms with Crippen LogP contribution in [0.5, 0.6) is 0 Å². The highest BCUT2D eigenvalue weighted by Crippen LogP contribution is 2.30. The van der Waals surface area contributed by atoms with Crippen molar-refractivity contribution in [3.63, 3.8) is 0 Å². The van der Waals surface area contributed by atoms with Crippen molar-refractivity contribution in [3.05, 3.63) is 69.7 Å². The Labute approximate surface area is 185 Å². The Hall–Kier alpha value is -2.88. The molecule has 30 heavy (non-hydrogen) atoms. The third kappa shape index (κ3) is 4.33. The van der Waals surface area contributed by atoms with E-state index in [2.05, 4.69) is 16.0 Å². The van der Waals surface area contributed by atoms with E-state index in [4.69, 9.17) is 16.9 Å². The van der Waals surface area contributed by atoms with Gasteiger partial charge in [0.15, 0.2) is 0 Å². The number of amides is 1. The molecule has 152 valence electrons. The van der Waals surface area contributed by atoms with E-state index in [1.165, 1.54) is 11.3 Å². The maximum absolute atomic E-state index is 13.2. The Balaban J connectivity index is 1.47. The number of aryl methyl sites for hydroxylation is 1. The summed E-state index contributed by atoms with van der Waals surface area (Å²) in [7, 11) is 0. The maximum Gasteiger partial charge on any atom is 0.265 e.